The van der Waals surface area contributed by atoms with Gasteiger partial charge in [0.05, 0.1) is 5.56 Å². The third kappa shape index (κ3) is 1.89. The van der Waals surface area contributed by atoms with Gasteiger partial charge in [0.1, 0.15) is 12.6 Å². The Hall–Kier alpha value is -1.21. The quantitative estimate of drug-likeness (QED) is 0.726. The second kappa shape index (κ2) is 3.98. The Bertz CT molecular complexity index is 343. The van der Waals surface area contributed by atoms with Crippen molar-refractivity contribution >= 4 is 15.9 Å². The zero-order valence-corrected chi connectivity index (χ0v) is 7.71. The zero-order valence-electron chi connectivity index (χ0n) is 6.12. The van der Waals surface area contributed by atoms with E-state index in [4.69, 9.17) is 5.26 Å². The van der Waals surface area contributed by atoms with Gasteiger partial charge in [-0.15, -0.1) is 0 Å². The van der Waals surface area contributed by atoms with Gasteiger partial charge in [0.2, 0.25) is 0 Å². The van der Waals surface area contributed by atoms with Gasteiger partial charge < -0.3 is 0 Å². The van der Waals surface area contributed by atoms with Crippen molar-refractivity contribution in [3.05, 3.63) is 38.7 Å². The van der Waals surface area contributed by atoms with Crippen LogP contribution in [-0.4, -0.2) is 0 Å². The van der Waals surface area contributed by atoms with E-state index in [0.717, 1.165) is 10.0 Å². The van der Waals surface area contributed by atoms with Crippen LogP contribution in [0.3, 0.4) is 0 Å². The topological polar surface area (TPSA) is 53.2 Å². The van der Waals surface area contributed by atoms with Gasteiger partial charge >= 0.3 is 0 Å². The molecule has 0 saturated heterocycles. The highest BCUT2D eigenvalue weighted by atomic mass is 79.9. The summed E-state index contributed by atoms with van der Waals surface area (Å²) in [6, 6.07) is 7.14. The number of benzene rings is 1. The van der Waals surface area contributed by atoms with Crippen molar-refractivity contribution < 1.29 is 0 Å². The van der Waals surface area contributed by atoms with Gasteiger partial charge in [-0.05, 0) is 33.6 Å². The third-order valence-electron chi connectivity index (χ3n) is 1.40. The molecule has 0 saturated carbocycles. The standard InChI is InChI=1S/C8H5BrN2O/c9-8-2-1-6(5-11-12)3-7(8)4-10/h1-3H,5H2. The SMILES string of the molecule is N#Cc1cc(CN=O)ccc1Br. The molecule has 0 spiro atoms. The van der Waals surface area contributed by atoms with Crippen molar-refractivity contribution in [2.75, 3.05) is 0 Å². The molecule has 0 aromatic heterocycles. The van der Waals surface area contributed by atoms with Crippen molar-refractivity contribution in [1.82, 2.24) is 0 Å². The van der Waals surface area contributed by atoms with Gasteiger partial charge in [0, 0.05) is 4.47 Å². The van der Waals surface area contributed by atoms with Crippen LogP contribution in [0.4, 0.5) is 0 Å². The fraction of sp³-hybridized carbons (Fsp3) is 0.125. The van der Waals surface area contributed by atoms with E-state index in [1.165, 1.54) is 0 Å². The van der Waals surface area contributed by atoms with E-state index in [1.54, 1.807) is 18.2 Å². The number of hydrogen-bond donors (Lipinski definition) is 0. The maximum atomic E-state index is 9.91. The molecule has 1 rings (SSSR count). The molecule has 0 aliphatic heterocycles. The number of nitriles is 1. The largest absolute Gasteiger partial charge is 0.192 e. The summed E-state index contributed by atoms with van der Waals surface area (Å²) in [5.74, 6) is 0. The lowest BCUT2D eigenvalue weighted by atomic mass is 10.1. The van der Waals surface area contributed by atoms with E-state index in [-0.39, 0.29) is 6.54 Å². The Morgan fingerprint density at radius 3 is 2.92 bits per heavy atom. The first-order valence-electron chi connectivity index (χ1n) is 3.25. The molecule has 0 fully saturated rings. The van der Waals surface area contributed by atoms with Crippen molar-refractivity contribution in [3.8, 4) is 6.07 Å². The van der Waals surface area contributed by atoms with Crippen molar-refractivity contribution in [3.63, 3.8) is 0 Å². The third-order valence-corrected chi connectivity index (χ3v) is 2.09. The van der Waals surface area contributed by atoms with Gasteiger partial charge in [-0.25, -0.2) is 0 Å². The molecule has 0 aliphatic carbocycles. The molecular weight excluding hydrogens is 220 g/mol. The normalized spacial score (nSPS) is 9.00. The minimum Gasteiger partial charge on any atom is -0.192 e. The van der Waals surface area contributed by atoms with E-state index in [9.17, 15) is 4.91 Å². The predicted molar refractivity (Wildman–Crippen MR) is 48.4 cm³/mol. The first-order valence-corrected chi connectivity index (χ1v) is 4.05. The lowest BCUT2D eigenvalue weighted by Gasteiger charge is -1.96. The van der Waals surface area contributed by atoms with Crippen molar-refractivity contribution in [2.24, 2.45) is 5.18 Å². The van der Waals surface area contributed by atoms with Crippen molar-refractivity contribution in [2.45, 2.75) is 6.54 Å². The fourth-order valence-electron chi connectivity index (χ4n) is 0.831. The highest BCUT2D eigenvalue weighted by Crippen LogP contribution is 2.17. The molecule has 4 heteroatoms. The fourth-order valence-corrected chi connectivity index (χ4v) is 1.17. The maximum Gasteiger partial charge on any atom is 0.106 e. The van der Waals surface area contributed by atoms with E-state index < -0.39 is 0 Å². The maximum absolute atomic E-state index is 9.91. The van der Waals surface area contributed by atoms with Gasteiger partial charge in [-0.1, -0.05) is 11.2 Å². The van der Waals surface area contributed by atoms with Gasteiger partial charge in [-0.3, -0.25) is 0 Å². The number of rotatable bonds is 2. The molecule has 0 amide bonds. The Morgan fingerprint density at radius 1 is 1.58 bits per heavy atom. The monoisotopic (exact) mass is 224 g/mol. The summed E-state index contributed by atoms with van der Waals surface area (Å²) in [6.45, 7) is 0.113. The van der Waals surface area contributed by atoms with E-state index >= 15 is 0 Å². The Kier molecular flexibility index (Phi) is 2.94. The highest BCUT2D eigenvalue weighted by Gasteiger charge is 1.99. The molecule has 3 nitrogen and oxygen atoms in total. The molecule has 0 radical (unpaired) electrons. The Labute approximate surface area is 78.1 Å². The number of nitrogens with zero attached hydrogens (tertiary/aromatic N) is 2. The lowest BCUT2D eigenvalue weighted by Crippen LogP contribution is -1.83. The van der Waals surface area contributed by atoms with E-state index in [0.29, 0.717) is 5.56 Å². The number of halogens is 1. The summed E-state index contributed by atoms with van der Waals surface area (Å²) in [6.07, 6.45) is 0. The first-order chi connectivity index (χ1) is 5.77. The van der Waals surface area contributed by atoms with Gasteiger partial charge in [0.25, 0.3) is 0 Å². The van der Waals surface area contributed by atoms with Crippen LogP contribution >= 0.6 is 15.9 Å². The van der Waals surface area contributed by atoms with Crippen LogP contribution in [0.5, 0.6) is 0 Å². The number of nitroso groups, excluding NO2 is 1. The molecule has 0 aliphatic rings. The predicted octanol–water partition coefficient (Wildman–Crippen LogP) is 2.59. The Morgan fingerprint density at radius 2 is 2.33 bits per heavy atom. The second-order valence-corrected chi connectivity index (χ2v) is 3.07. The van der Waals surface area contributed by atoms with Crippen LogP contribution in [-0.2, 0) is 6.54 Å². The summed E-state index contributed by atoms with van der Waals surface area (Å²) in [5, 5.41) is 11.4. The summed E-state index contributed by atoms with van der Waals surface area (Å²) in [4.78, 5) is 9.91. The van der Waals surface area contributed by atoms with Gasteiger partial charge in [0.15, 0.2) is 0 Å². The summed E-state index contributed by atoms with van der Waals surface area (Å²) < 4.78 is 0.736. The first kappa shape index (κ1) is 8.88. The molecule has 0 unspecified atom stereocenters. The zero-order chi connectivity index (χ0) is 8.97. The van der Waals surface area contributed by atoms with Crippen LogP contribution in [0.15, 0.2) is 27.8 Å². The molecule has 12 heavy (non-hydrogen) atoms. The van der Waals surface area contributed by atoms with Crippen LogP contribution < -0.4 is 0 Å². The highest BCUT2D eigenvalue weighted by molar-refractivity contribution is 9.10. The minimum absolute atomic E-state index is 0.113. The summed E-state index contributed by atoms with van der Waals surface area (Å²) in [7, 11) is 0. The molecular formula is C8H5BrN2O. The minimum atomic E-state index is 0.113. The average molecular weight is 225 g/mol. The number of hydrogen-bond acceptors (Lipinski definition) is 3. The molecule has 0 heterocycles. The van der Waals surface area contributed by atoms with Crippen LogP contribution in [0.1, 0.15) is 11.1 Å². The average Bonchev–Trinajstić information content (AvgIpc) is 2.09. The second-order valence-electron chi connectivity index (χ2n) is 2.21. The molecule has 1 aromatic carbocycles. The van der Waals surface area contributed by atoms with Crippen LogP contribution in [0.2, 0.25) is 0 Å². The van der Waals surface area contributed by atoms with Crippen LogP contribution in [0, 0.1) is 16.2 Å². The molecule has 60 valence electrons. The van der Waals surface area contributed by atoms with E-state index in [1.807, 2.05) is 6.07 Å². The van der Waals surface area contributed by atoms with E-state index in [2.05, 4.69) is 21.1 Å². The Balaban J connectivity index is 3.07. The lowest BCUT2D eigenvalue weighted by molar-refractivity contribution is 1.05. The molecule has 0 bridgehead atoms. The van der Waals surface area contributed by atoms with Crippen LogP contribution in [0.25, 0.3) is 0 Å². The smallest absolute Gasteiger partial charge is 0.106 e. The molecule has 0 N–H and O–H groups in total. The summed E-state index contributed by atoms with van der Waals surface area (Å²) in [5.41, 5.74) is 1.28. The summed E-state index contributed by atoms with van der Waals surface area (Å²) >= 11 is 3.21. The molecule has 0 atom stereocenters. The molecule has 1 aromatic rings. The van der Waals surface area contributed by atoms with Crippen molar-refractivity contribution in [1.29, 1.82) is 5.26 Å². The van der Waals surface area contributed by atoms with Gasteiger partial charge in [-0.2, -0.15) is 10.2 Å².